The average Bonchev–Trinajstić information content (AvgIpc) is 3.26. The standard InChI is InChI=1S/C23H36N4O5S/c28-11-12-32-22-4-2-1-3-20(22)27-33(30,31)18-7-5-16(6-8-18)14-25-23(29)21-13-17-15-24-10-9-19(17)26-21/h5-8,17,19-22,24,26-28H,1-4,9-15H2,(H,25,29). The Balaban J connectivity index is 1.29. The molecule has 2 aliphatic heterocycles. The molecule has 3 fully saturated rings. The molecular formula is C23H36N4O5S. The van der Waals surface area contributed by atoms with E-state index in [2.05, 4.69) is 20.7 Å². The van der Waals surface area contributed by atoms with E-state index in [1.54, 1.807) is 24.3 Å². The Kier molecular flexibility index (Phi) is 8.37. The van der Waals surface area contributed by atoms with Crippen molar-refractivity contribution >= 4 is 15.9 Å². The summed E-state index contributed by atoms with van der Waals surface area (Å²) in [7, 11) is -3.69. The van der Waals surface area contributed by atoms with E-state index in [9.17, 15) is 13.2 Å². The first kappa shape index (κ1) is 24.6. The van der Waals surface area contributed by atoms with Gasteiger partial charge in [0.2, 0.25) is 15.9 Å². The SMILES string of the molecule is O=C(NCc1ccc(S(=O)(=O)NC2CCCCC2OCCO)cc1)C1CC2CNCCC2N1. The van der Waals surface area contributed by atoms with Crippen LogP contribution in [0.25, 0.3) is 0 Å². The fraction of sp³-hybridized carbons (Fsp3) is 0.696. The van der Waals surface area contributed by atoms with Crippen LogP contribution in [0.4, 0.5) is 0 Å². The zero-order valence-electron chi connectivity index (χ0n) is 19.0. The van der Waals surface area contributed by atoms with Gasteiger partial charge in [-0.25, -0.2) is 13.1 Å². The maximum atomic E-state index is 12.9. The zero-order valence-corrected chi connectivity index (χ0v) is 19.8. The number of rotatable bonds is 9. The zero-order chi connectivity index (χ0) is 23.3. The molecular weight excluding hydrogens is 444 g/mol. The molecule has 5 N–H and O–H groups in total. The molecule has 2 saturated heterocycles. The third kappa shape index (κ3) is 6.32. The molecule has 1 amide bonds. The predicted octanol–water partition coefficient (Wildman–Crippen LogP) is 0.241. The van der Waals surface area contributed by atoms with Crippen molar-refractivity contribution in [3.05, 3.63) is 29.8 Å². The normalized spacial score (nSPS) is 30.0. The van der Waals surface area contributed by atoms with E-state index in [0.717, 1.165) is 50.8 Å². The molecule has 0 aromatic heterocycles. The molecule has 0 radical (unpaired) electrons. The molecule has 0 spiro atoms. The van der Waals surface area contributed by atoms with Crippen LogP contribution in [0.2, 0.25) is 0 Å². The Morgan fingerprint density at radius 2 is 1.94 bits per heavy atom. The second-order valence-electron chi connectivity index (χ2n) is 9.32. The number of piperidine rings is 1. The van der Waals surface area contributed by atoms with Gasteiger partial charge in [-0.3, -0.25) is 4.79 Å². The number of fused-ring (bicyclic) bond motifs is 1. The van der Waals surface area contributed by atoms with Crippen LogP contribution in [0.5, 0.6) is 0 Å². The highest BCUT2D eigenvalue weighted by Crippen LogP contribution is 2.25. The smallest absolute Gasteiger partial charge is 0.240 e. The van der Waals surface area contributed by atoms with E-state index in [-0.39, 0.29) is 42.2 Å². The molecule has 10 heteroatoms. The van der Waals surface area contributed by atoms with Crippen molar-refractivity contribution in [2.24, 2.45) is 5.92 Å². The van der Waals surface area contributed by atoms with E-state index in [0.29, 0.717) is 24.9 Å². The Bertz CT molecular complexity index is 881. The largest absolute Gasteiger partial charge is 0.394 e. The van der Waals surface area contributed by atoms with Crippen molar-refractivity contribution in [2.75, 3.05) is 26.3 Å². The number of benzene rings is 1. The number of amides is 1. The topological polar surface area (TPSA) is 129 Å². The third-order valence-electron chi connectivity index (χ3n) is 7.01. The number of hydrogen-bond acceptors (Lipinski definition) is 7. The maximum Gasteiger partial charge on any atom is 0.240 e. The van der Waals surface area contributed by atoms with Crippen molar-refractivity contribution in [1.29, 1.82) is 0 Å². The average molecular weight is 481 g/mol. The summed E-state index contributed by atoms with van der Waals surface area (Å²) in [6, 6.07) is 6.57. The Morgan fingerprint density at radius 3 is 2.70 bits per heavy atom. The van der Waals surface area contributed by atoms with E-state index in [1.165, 1.54) is 0 Å². The molecule has 1 aromatic carbocycles. The molecule has 1 aromatic rings. The summed E-state index contributed by atoms with van der Waals surface area (Å²) in [5.41, 5.74) is 0.848. The molecule has 2 heterocycles. The van der Waals surface area contributed by atoms with Gasteiger partial charge in [0.05, 0.1) is 30.3 Å². The summed E-state index contributed by atoms with van der Waals surface area (Å²) in [6.45, 7) is 2.43. The van der Waals surface area contributed by atoms with Gasteiger partial charge >= 0.3 is 0 Å². The first-order chi connectivity index (χ1) is 16.0. The molecule has 0 bridgehead atoms. The van der Waals surface area contributed by atoms with Crippen LogP contribution in [-0.4, -0.2) is 70.0 Å². The number of sulfonamides is 1. The van der Waals surface area contributed by atoms with Crippen LogP contribution in [0.1, 0.15) is 44.1 Å². The summed E-state index contributed by atoms with van der Waals surface area (Å²) in [5, 5.41) is 18.8. The molecule has 33 heavy (non-hydrogen) atoms. The quantitative estimate of drug-likeness (QED) is 0.342. The number of carbonyl (C=O) groups excluding carboxylic acids is 1. The summed E-state index contributed by atoms with van der Waals surface area (Å²) in [6.07, 6.45) is 5.09. The van der Waals surface area contributed by atoms with Gasteiger partial charge in [0.1, 0.15) is 0 Å². The highest BCUT2D eigenvalue weighted by molar-refractivity contribution is 7.89. The van der Waals surface area contributed by atoms with Crippen LogP contribution in [0, 0.1) is 5.92 Å². The highest BCUT2D eigenvalue weighted by Gasteiger charge is 2.38. The number of hydrogen-bond donors (Lipinski definition) is 5. The molecule has 4 rings (SSSR count). The fourth-order valence-electron chi connectivity index (χ4n) is 5.20. The van der Waals surface area contributed by atoms with E-state index < -0.39 is 10.0 Å². The van der Waals surface area contributed by atoms with Gasteiger partial charge < -0.3 is 25.8 Å². The number of carbonyl (C=O) groups is 1. The van der Waals surface area contributed by atoms with Crippen molar-refractivity contribution in [3.8, 4) is 0 Å². The van der Waals surface area contributed by atoms with Gasteiger partial charge in [0.25, 0.3) is 0 Å². The van der Waals surface area contributed by atoms with Crippen LogP contribution >= 0.6 is 0 Å². The van der Waals surface area contributed by atoms with Crippen molar-refractivity contribution in [1.82, 2.24) is 20.7 Å². The van der Waals surface area contributed by atoms with Crippen molar-refractivity contribution in [2.45, 2.75) is 74.2 Å². The summed E-state index contributed by atoms with van der Waals surface area (Å²) in [4.78, 5) is 12.8. The van der Waals surface area contributed by atoms with E-state index >= 15 is 0 Å². The molecule has 5 unspecified atom stereocenters. The van der Waals surface area contributed by atoms with Crippen LogP contribution in [-0.2, 0) is 26.1 Å². The van der Waals surface area contributed by atoms with Gasteiger partial charge in [-0.15, -0.1) is 0 Å². The Morgan fingerprint density at radius 1 is 1.15 bits per heavy atom. The molecule has 1 aliphatic carbocycles. The first-order valence-electron chi connectivity index (χ1n) is 12.0. The van der Waals surface area contributed by atoms with Crippen molar-refractivity contribution in [3.63, 3.8) is 0 Å². The Hall–Kier alpha value is -1.56. The highest BCUT2D eigenvalue weighted by atomic mass is 32.2. The number of ether oxygens (including phenoxy) is 1. The van der Waals surface area contributed by atoms with Gasteiger partial charge in [-0.2, -0.15) is 0 Å². The molecule has 5 atom stereocenters. The van der Waals surface area contributed by atoms with Crippen LogP contribution < -0.4 is 20.7 Å². The number of nitrogens with one attached hydrogen (secondary N) is 4. The van der Waals surface area contributed by atoms with E-state index in [1.807, 2.05) is 0 Å². The number of aliphatic hydroxyl groups is 1. The van der Waals surface area contributed by atoms with Crippen LogP contribution in [0.15, 0.2) is 29.2 Å². The molecule has 3 aliphatic rings. The van der Waals surface area contributed by atoms with Crippen LogP contribution in [0.3, 0.4) is 0 Å². The monoisotopic (exact) mass is 480 g/mol. The minimum atomic E-state index is -3.69. The van der Waals surface area contributed by atoms with Gasteiger partial charge in [-0.05, 0) is 62.4 Å². The maximum absolute atomic E-state index is 12.9. The van der Waals surface area contributed by atoms with Gasteiger partial charge in [-0.1, -0.05) is 25.0 Å². The second kappa shape index (κ2) is 11.2. The minimum Gasteiger partial charge on any atom is -0.394 e. The predicted molar refractivity (Wildman–Crippen MR) is 124 cm³/mol. The summed E-state index contributed by atoms with van der Waals surface area (Å²) in [5.74, 6) is 0.498. The lowest BCUT2D eigenvalue weighted by Gasteiger charge is -2.31. The van der Waals surface area contributed by atoms with Crippen molar-refractivity contribution < 1.29 is 23.1 Å². The molecule has 9 nitrogen and oxygen atoms in total. The van der Waals surface area contributed by atoms with Gasteiger partial charge in [0.15, 0.2) is 0 Å². The summed E-state index contributed by atoms with van der Waals surface area (Å²) >= 11 is 0. The number of aliphatic hydroxyl groups excluding tert-OH is 1. The Labute approximate surface area is 196 Å². The van der Waals surface area contributed by atoms with E-state index in [4.69, 9.17) is 9.84 Å². The lowest BCUT2D eigenvalue weighted by atomic mass is 9.93. The minimum absolute atomic E-state index is 0.00557. The molecule has 1 saturated carbocycles. The fourth-order valence-corrected chi connectivity index (χ4v) is 6.50. The first-order valence-corrected chi connectivity index (χ1v) is 13.5. The third-order valence-corrected chi connectivity index (χ3v) is 8.52. The van der Waals surface area contributed by atoms with Gasteiger partial charge in [0, 0.05) is 18.6 Å². The molecule has 184 valence electrons. The lowest BCUT2D eigenvalue weighted by Crippen LogP contribution is -2.46. The summed E-state index contributed by atoms with van der Waals surface area (Å²) < 4.78 is 34.2. The lowest BCUT2D eigenvalue weighted by molar-refractivity contribution is -0.123. The second-order valence-corrected chi connectivity index (χ2v) is 11.0.